The summed E-state index contributed by atoms with van der Waals surface area (Å²) >= 11 is 1.77. The Labute approximate surface area is 121 Å². The molecule has 1 amide bonds. The summed E-state index contributed by atoms with van der Waals surface area (Å²) in [5, 5.41) is 4.71. The summed E-state index contributed by atoms with van der Waals surface area (Å²) in [4.78, 5) is 15.5. The largest absolute Gasteiger partial charge is 0.322 e. The number of halogens is 1. The number of nitrogens with zero attached hydrogens (tertiary/aromatic N) is 1. The van der Waals surface area contributed by atoms with Gasteiger partial charge in [0, 0.05) is 18.0 Å². The normalized spacial score (nSPS) is 14.8. The van der Waals surface area contributed by atoms with Crippen molar-refractivity contribution in [2.75, 3.05) is 18.4 Å². The lowest BCUT2D eigenvalue weighted by molar-refractivity contribution is -0.117. The molecule has 5 heteroatoms. The highest BCUT2D eigenvalue weighted by atomic mass is 32.1. The van der Waals surface area contributed by atoms with Gasteiger partial charge in [-0.05, 0) is 35.6 Å². The Morgan fingerprint density at radius 2 is 2.20 bits per heavy atom. The van der Waals surface area contributed by atoms with Crippen LogP contribution in [0.25, 0.3) is 0 Å². The molecule has 0 atom stereocenters. The van der Waals surface area contributed by atoms with Crippen molar-refractivity contribution in [2.24, 2.45) is 0 Å². The molecule has 0 radical (unpaired) electrons. The number of hydrogen-bond donors (Lipinski definition) is 1. The van der Waals surface area contributed by atoms with E-state index in [0.29, 0.717) is 6.54 Å². The second-order valence-corrected chi connectivity index (χ2v) is 5.86. The van der Waals surface area contributed by atoms with Gasteiger partial charge in [-0.25, -0.2) is 4.39 Å². The van der Waals surface area contributed by atoms with Crippen LogP contribution in [0.3, 0.4) is 0 Å². The van der Waals surface area contributed by atoms with E-state index >= 15 is 0 Å². The fourth-order valence-electron chi connectivity index (χ4n) is 2.40. The number of carbonyl (C=O) groups excluding carboxylic acids is 1. The van der Waals surface area contributed by atoms with Crippen molar-refractivity contribution in [1.82, 2.24) is 4.90 Å². The van der Waals surface area contributed by atoms with Crippen molar-refractivity contribution < 1.29 is 9.18 Å². The maximum Gasteiger partial charge on any atom is 0.238 e. The first-order valence-electron chi connectivity index (χ1n) is 6.54. The molecule has 1 aromatic heterocycles. The average molecular weight is 290 g/mol. The van der Waals surface area contributed by atoms with Crippen LogP contribution in [0, 0.1) is 5.82 Å². The van der Waals surface area contributed by atoms with E-state index in [4.69, 9.17) is 0 Å². The number of thiophene rings is 1. The van der Waals surface area contributed by atoms with E-state index in [2.05, 4.69) is 21.7 Å². The summed E-state index contributed by atoms with van der Waals surface area (Å²) in [5.41, 5.74) is 1.55. The lowest BCUT2D eigenvalue weighted by atomic mass is 10.1. The highest BCUT2D eigenvalue weighted by Crippen LogP contribution is 2.23. The molecule has 0 saturated carbocycles. The first-order chi connectivity index (χ1) is 9.72. The number of benzene rings is 1. The highest BCUT2D eigenvalue weighted by molar-refractivity contribution is 7.10. The molecule has 20 heavy (non-hydrogen) atoms. The molecular weight excluding hydrogens is 275 g/mol. The number of nitrogens with one attached hydrogen (secondary N) is 1. The van der Waals surface area contributed by atoms with Gasteiger partial charge in [0.1, 0.15) is 5.82 Å². The number of rotatable bonds is 3. The first-order valence-corrected chi connectivity index (χ1v) is 7.42. The summed E-state index contributed by atoms with van der Waals surface area (Å²) < 4.78 is 13.5. The Balaban J connectivity index is 1.59. The molecule has 0 aliphatic carbocycles. The zero-order chi connectivity index (χ0) is 13.9. The standard InChI is InChI=1S/C15H15FN2OS/c16-12-3-1-2-4-13(12)17-15(19)10-18-7-5-14-11(9-18)6-8-20-14/h1-4,6,8H,5,7,9-10H2,(H,17,19). The first kappa shape index (κ1) is 13.3. The van der Waals surface area contributed by atoms with Crippen molar-refractivity contribution in [1.29, 1.82) is 0 Å². The number of carbonyl (C=O) groups is 1. The summed E-state index contributed by atoms with van der Waals surface area (Å²) in [7, 11) is 0. The fourth-order valence-corrected chi connectivity index (χ4v) is 3.29. The maximum atomic E-state index is 13.5. The van der Waals surface area contributed by atoms with Crippen molar-refractivity contribution in [3.63, 3.8) is 0 Å². The van der Waals surface area contributed by atoms with Gasteiger partial charge in [0.05, 0.1) is 12.2 Å². The lowest BCUT2D eigenvalue weighted by Crippen LogP contribution is -2.36. The predicted octanol–water partition coefficient (Wildman–Crippen LogP) is 2.88. The third-order valence-electron chi connectivity index (χ3n) is 3.40. The zero-order valence-electron chi connectivity index (χ0n) is 10.9. The van der Waals surface area contributed by atoms with Gasteiger partial charge < -0.3 is 5.32 Å². The minimum atomic E-state index is -0.403. The number of anilines is 1. The number of fused-ring (bicyclic) bond motifs is 1. The SMILES string of the molecule is O=C(CN1CCc2sccc2C1)Nc1ccccc1F. The molecule has 1 aliphatic rings. The molecule has 0 fully saturated rings. The van der Waals surface area contributed by atoms with Crippen LogP contribution in [0.4, 0.5) is 10.1 Å². The van der Waals surface area contributed by atoms with Crippen LogP contribution in [0.2, 0.25) is 0 Å². The molecule has 0 spiro atoms. The molecule has 2 heterocycles. The topological polar surface area (TPSA) is 32.3 Å². The summed E-state index contributed by atoms with van der Waals surface area (Å²) in [5.74, 6) is -0.576. The highest BCUT2D eigenvalue weighted by Gasteiger charge is 2.19. The van der Waals surface area contributed by atoms with Crippen LogP contribution in [0.15, 0.2) is 35.7 Å². The van der Waals surface area contributed by atoms with E-state index in [1.807, 2.05) is 0 Å². The molecule has 1 aromatic carbocycles. The maximum absolute atomic E-state index is 13.5. The molecule has 0 bridgehead atoms. The van der Waals surface area contributed by atoms with E-state index in [0.717, 1.165) is 19.5 Å². The Kier molecular flexibility index (Phi) is 3.80. The quantitative estimate of drug-likeness (QED) is 0.942. The summed E-state index contributed by atoms with van der Waals surface area (Å²) in [6.07, 6.45) is 0.986. The number of amides is 1. The van der Waals surface area contributed by atoms with Gasteiger partial charge in [-0.3, -0.25) is 9.69 Å². The Morgan fingerprint density at radius 1 is 1.35 bits per heavy atom. The number of hydrogen-bond acceptors (Lipinski definition) is 3. The second kappa shape index (κ2) is 5.73. The molecule has 0 saturated heterocycles. The molecule has 3 rings (SSSR count). The lowest BCUT2D eigenvalue weighted by Gasteiger charge is -2.26. The minimum Gasteiger partial charge on any atom is -0.322 e. The predicted molar refractivity (Wildman–Crippen MR) is 78.3 cm³/mol. The smallest absolute Gasteiger partial charge is 0.238 e. The van der Waals surface area contributed by atoms with Crippen molar-refractivity contribution in [3.05, 3.63) is 52.0 Å². The Hall–Kier alpha value is -1.72. The molecule has 104 valence electrons. The van der Waals surface area contributed by atoms with Gasteiger partial charge >= 0.3 is 0 Å². The van der Waals surface area contributed by atoms with Crippen molar-refractivity contribution in [2.45, 2.75) is 13.0 Å². The van der Waals surface area contributed by atoms with Crippen LogP contribution < -0.4 is 5.32 Å². The third kappa shape index (κ3) is 2.89. The van der Waals surface area contributed by atoms with E-state index in [1.54, 1.807) is 29.5 Å². The third-order valence-corrected chi connectivity index (χ3v) is 4.42. The molecule has 1 aliphatic heterocycles. The van der Waals surface area contributed by atoms with E-state index in [9.17, 15) is 9.18 Å². The van der Waals surface area contributed by atoms with Gasteiger partial charge in [-0.1, -0.05) is 12.1 Å². The van der Waals surface area contributed by atoms with Gasteiger partial charge in [-0.15, -0.1) is 11.3 Å². The average Bonchev–Trinajstić information content (AvgIpc) is 2.89. The van der Waals surface area contributed by atoms with Gasteiger partial charge in [0.15, 0.2) is 0 Å². The van der Waals surface area contributed by atoms with Gasteiger partial charge in [0.2, 0.25) is 5.91 Å². The monoisotopic (exact) mass is 290 g/mol. The van der Waals surface area contributed by atoms with Gasteiger partial charge in [-0.2, -0.15) is 0 Å². The summed E-state index contributed by atoms with van der Waals surface area (Å²) in [6.45, 7) is 1.96. The Bertz CT molecular complexity index is 626. The molecular formula is C15H15FN2OS. The van der Waals surface area contributed by atoms with Crippen LogP contribution in [0.5, 0.6) is 0 Å². The van der Waals surface area contributed by atoms with Crippen molar-refractivity contribution in [3.8, 4) is 0 Å². The fraction of sp³-hybridized carbons (Fsp3) is 0.267. The Morgan fingerprint density at radius 3 is 3.05 bits per heavy atom. The van der Waals surface area contributed by atoms with Crippen LogP contribution in [0.1, 0.15) is 10.4 Å². The van der Waals surface area contributed by atoms with E-state index < -0.39 is 5.82 Å². The zero-order valence-corrected chi connectivity index (χ0v) is 11.8. The number of para-hydroxylation sites is 1. The van der Waals surface area contributed by atoms with Crippen molar-refractivity contribution >= 4 is 22.9 Å². The van der Waals surface area contributed by atoms with Crippen LogP contribution >= 0.6 is 11.3 Å². The van der Waals surface area contributed by atoms with Gasteiger partial charge in [0.25, 0.3) is 0 Å². The van der Waals surface area contributed by atoms with E-state index in [-0.39, 0.29) is 11.6 Å². The second-order valence-electron chi connectivity index (χ2n) is 4.86. The van der Waals surface area contributed by atoms with E-state index in [1.165, 1.54) is 16.5 Å². The molecule has 0 unspecified atom stereocenters. The molecule has 1 N–H and O–H groups in total. The van der Waals surface area contributed by atoms with Crippen LogP contribution in [-0.2, 0) is 17.8 Å². The minimum absolute atomic E-state index is 0.172. The molecule has 3 nitrogen and oxygen atoms in total. The summed E-state index contributed by atoms with van der Waals surface area (Å²) in [6, 6.07) is 8.33. The van der Waals surface area contributed by atoms with Crippen LogP contribution in [-0.4, -0.2) is 23.9 Å². The molecule has 2 aromatic rings.